The molecule has 2 aromatic carbocycles. The van der Waals surface area contributed by atoms with E-state index in [-0.39, 0.29) is 24.7 Å². The molecular weight excluding hydrogens is 340 g/mol. The van der Waals surface area contributed by atoms with E-state index < -0.39 is 21.7 Å². The van der Waals surface area contributed by atoms with Crippen molar-refractivity contribution in [2.45, 2.75) is 18.8 Å². The third-order valence-corrected chi connectivity index (χ3v) is 6.04. The van der Waals surface area contributed by atoms with Crippen LogP contribution in [0.5, 0.6) is 0 Å². The van der Waals surface area contributed by atoms with Crippen molar-refractivity contribution in [3.05, 3.63) is 60.2 Å². The number of rotatable bonds is 6. The SMILES string of the molecule is CCS(=O)(=O)C[C@@]1(c2ccc(-c3ccccc3)cc2)OC[C@H](CO)O1. The maximum atomic E-state index is 12.2. The first-order valence-electron chi connectivity index (χ1n) is 8.27. The van der Waals surface area contributed by atoms with Gasteiger partial charge in [-0.25, -0.2) is 8.42 Å². The molecule has 0 amide bonds. The molecule has 0 aliphatic carbocycles. The summed E-state index contributed by atoms with van der Waals surface area (Å²) in [6, 6.07) is 17.4. The van der Waals surface area contributed by atoms with Crippen molar-refractivity contribution in [2.24, 2.45) is 0 Å². The number of ether oxygens (including phenoxy) is 2. The minimum absolute atomic E-state index is 0.00730. The van der Waals surface area contributed by atoms with Crippen molar-refractivity contribution < 1.29 is 23.0 Å². The van der Waals surface area contributed by atoms with E-state index in [1.165, 1.54) is 0 Å². The van der Waals surface area contributed by atoms with Gasteiger partial charge in [0.1, 0.15) is 11.9 Å². The summed E-state index contributed by atoms with van der Waals surface area (Å²) in [5.74, 6) is -1.62. The molecule has 1 fully saturated rings. The van der Waals surface area contributed by atoms with Gasteiger partial charge in [-0.3, -0.25) is 0 Å². The van der Waals surface area contributed by atoms with Crippen molar-refractivity contribution in [3.63, 3.8) is 0 Å². The van der Waals surface area contributed by atoms with Crippen molar-refractivity contribution in [2.75, 3.05) is 24.7 Å². The lowest BCUT2D eigenvalue weighted by atomic mass is 10.0. The molecule has 1 saturated heterocycles. The van der Waals surface area contributed by atoms with Crippen molar-refractivity contribution in [1.82, 2.24) is 0 Å². The first kappa shape index (κ1) is 18.1. The molecule has 0 unspecified atom stereocenters. The highest BCUT2D eigenvalue weighted by molar-refractivity contribution is 7.91. The second kappa shape index (κ2) is 7.25. The lowest BCUT2D eigenvalue weighted by molar-refractivity contribution is -0.162. The Hall–Kier alpha value is -1.73. The Bertz CT molecular complexity index is 801. The van der Waals surface area contributed by atoms with E-state index in [9.17, 15) is 13.5 Å². The van der Waals surface area contributed by atoms with Gasteiger partial charge in [0, 0.05) is 11.3 Å². The summed E-state index contributed by atoms with van der Waals surface area (Å²) in [5, 5.41) is 9.34. The molecule has 0 bridgehead atoms. The van der Waals surface area contributed by atoms with Crippen molar-refractivity contribution in [1.29, 1.82) is 0 Å². The number of hydrogen-bond donors (Lipinski definition) is 1. The predicted molar refractivity (Wildman–Crippen MR) is 95.8 cm³/mol. The zero-order valence-corrected chi connectivity index (χ0v) is 14.9. The van der Waals surface area contributed by atoms with Crippen LogP contribution in [-0.4, -0.2) is 44.3 Å². The van der Waals surface area contributed by atoms with Gasteiger partial charge in [-0.15, -0.1) is 0 Å². The van der Waals surface area contributed by atoms with Gasteiger partial charge in [-0.05, 0) is 11.1 Å². The van der Waals surface area contributed by atoms with E-state index in [2.05, 4.69) is 0 Å². The number of aliphatic hydroxyl groups excluding tert-OH is 1. The summed E-state index contributed by atoms with van der Waals surface area (Å²) in [6.45, 7) is 1.55. The first-order chi connectivity index (χ1) is 12.0. The second-order valence-corrected chi connectivity index (χ2v) is 8.46. The molecule has 1 aliphatic rings. The Balaban J connectivity index is 1.94. The normalized spacial score (nSPS) is 23.7. The molecule has 134 valence electrons. The average Bonchev–Trinajstić information content (AvgIpc) is 3.06. The monoisotopic (exact) mass is 362 g/mol. The van der Waals surface area contributed by atoms with Crippen LogP contribution in [0.3, 0.4) is 0 Å². The fourth-order valence-electron chi connectivity index (χ4n) is 2.90. The van der Waals surface area contributed by atoms with Gasteiger partial charge in [0.25, 0.3) is 0 Å². The number of benzene rings is 2. The van der Waals surface area contributed by atoms with Gasteiger partial charge < -0.3 is 14.6 Å². The Labute approximate surface area is 148 Å². The van der Waals surface area contributed by atoms with Crippen LogP contribution in [0.4, 0.5) is 0 Å². The number of hydrogen-bond acceptors (Lipinski definition) is 5. The highest BCUT2D eigenvalue weighted by Gasteiger charge is 2.46. The smallest absolute Gasteiger partial charge is 0.209 e. The summed E-state index contributed by atoms with van der Waals surface area (Å²) < 4.78 is 36.0. The van der Waals surface area contributed by atoms with Gasteiger partial charge in [-0.2, -0.15) is 0 Å². The molecule has 0 saturated carbocycles. The van der Waals surface area contributed by atoms with Crippen LogP contribution in [0.15, 0.2) is 54.6 Å². The molecule has 0 spiro atoms. The maximum absolute atomic E-state index is 12.2. The van der Waals surface area contributed by atoms with Crippen LogP contribution in [0.2, 0.25) is 0 Å². The van der Waals surface area contributed by atoms with Gasteiger partial charge in [0.15, 0.2) is 9.84 Å². The molecule has 3 rings (SSSR count). The van der Waals surface area contributed by atoms with Crippen LogP contribution in [0, 0.1) is 0 Å². The lowest BCUT2D eigenvalue weighted by Gasteiger charge is -2.28. The molecule has 25 heavy (non-hydrogen) atoms. The molecule has 0 aromatic heterocycles. The van der Waals surface area contributed by atoms with Crippen LogP contribution >= 0.6 is 0 Å². The minimum Gasteiger partial charge on any atom is -0.394 e. The fraction of sp³-hybridized carbons (Fsp3) is 0.368. The van der Waals surface area contributed by atoms with Crippen LogP contribution in [0.1, 0.15) is 12.5 Å². The summed E-state index contributed by atoms with van der Waals surface area (Å²) >= 11 is 0. The highest BCUT2D eigenvalue weighted by Crippen LogP contribution is 2.36. The molecule has 2 aromatic rings. The largest absolute Gasteiger partial charge is 0.394 e. The molecule has 1 aliphatic heterocycles. The topological polar surface area (TPSA) is 72.8 Å². The molecular formula is C19H22O5S. The quantitative estimate of drug-likeness (QED) is 0.854. The van der Waals surface area contributed by atoms with Gasteiger partial charge in [0.2, 0.25) is 5.79 Å². The summed E-state index contributed by atoms with van der Waals surface area (Å²) in [5.41, 5.74) is 2.74. The standard InChI is InChI=1S/C19H22O5S/c1-2-25(21,22)14-19(23-13-18(12-20)24-19)17-10-8-16(9-11-17)15-6-4-3-5-7-15/h3-11,18,20H,2,12-14H2,1H3/t18-,19+/m0/s1. The Kier molecular flexibility index (Phi) is 5.24. The van der Waals surface area contributed by atoms with E-state index in [4.69, 9.17) is 9.47 Å². The zero-order chi connectivity index (χ0) is 17.9. The minimum atomic E-state index is -3.34. The highest BCUT2D eigenvalue weighted by atomic mass is 32.2. The Morgan fingerprint density at radius 2 is 1.72 bits per heavy atom. The summed E-state index contributed by atoms with van der Waals surface area (Å²) in [7, 11) is -3.34. The Morgan fingerprint density at radius 3 is 2.28 bits per heavy atom. The van der Waals surface area contributed by atoms with Gasteiger partial charge >= 0.3 is 0 Å². The molecule has 1 heterocycles. The van der Waals surface area contributed by atoms with Gasteiger partial charge in [-0.1, -0.05) is 61.5 Å². The van der Waals surface area contributed by atoms with Crippen molar-refractivity contribution >= 4 is 9.84 Å². The van der Waals surface area contributed by atoms with Crippen LogP contribution < -0.4 is 0 Å². The second-order valence-electron chi connectivity index (χ2n) is 6.11. The number of sulfone groups is 1. The lowest BCUT2D eigenvalue weighted by Crippen LogP contribution is -2.37. The summed E-state index contributed by atoms with van der Waals surface area (Å²) in [6.07, 6.45) is -0.527. The Morgan fingerprint density at radius 1 is 1.08 bits per heavy atom. The predicted octanol–water partition coefficient (Wildman–Crippen LogP) is 2.35. The fourth-order valence-corrected chi connectivity index (χ4v) is 4.01. The third kappa shape index (κ3) is 3.93. The summed E-state index contributed by atoms with van der Waals surface area (Å²) in [4.78, 5) is 0. The zero-order valence-electron chi connectivity index (χ0n) is 14.1. The van der Waals surface area contributed by atoms with Crippen LogP contribution in [-0.2, 0) is 25.1 Å². The molecule has 6 heteroatoms. The maximum Gasteiger partial charge on any atom is 0.209 e. The van der Waals surface area contributed by atoms with E-state index >= 15 is 0 Å². The van der Waals surface area contributed by atoms with E-state index in [1.54, 1.807) is 6.92 Å². The van der Waals surface area contributed by atoms with Crippen molar-refractivity contribution in [3.8, 4) is 11.1 Å². The van der Waals surface area contributed by atoms with E-state index in [0.29, 0.717) is 5.56 Å². The molecule has 0 radical (unpaired) electrons. The molecule has 2 atom stereocenters. The van der Waals surface area contributed by atoms with Crippen LogP contribution in [0.25, 0.3) is 11.1 Å². The molecule has 5 nitrogen and oxygen atoms in total. The molecule has 1 N–H and O–H groups in total. The first-order valence-corrected chi connectivity index (χ1v) is 10.1. The van der Waals surface area contributed by atoms with Gasteiger partial charge in [0.05, 0.1) is 13.2 Å². The third-order valence-electron chi connectivity index (χ3n) is 4.34. The van der Waals surface area contributed by atoms with E-state index in [0.717, 1.165) is 11.1 Å². The average molecular weight is 362 g/mol. The van der Waals surface area contributed by atoms with E-state index in [1.807, 2.05) is 54.6 Å². The number of aliphatic hydroxyl groups is 1.